The van der Waals surface area contributed by atoms with E-state index < -0.39 is 0 Å². The highest BCUT2D eigenvalue weighted by Gasteiger charge is 2.25. The summed E-state index contributed by atoms with van der Waals surface area (Å²) in [6.45, 7) is 6.62. The number of pyridine rings is 2. The molecule has 0 aromatic carbocycles. The molecule has 9 heteroatoms. The standard InChI is InChI=1S/C21H21N7O2/c1-11(2)28-18-14(9-24-28)6-15(10-22-18)25-20(29)16-5-4-13-7-17-21(30)23-8-12(3)27(17)19(13)26-16/h4-7,9-12H,8H2,1-3H3,(H,23,30)(H,25,29)/t12-/m1/s1. The van der Waals surface area contributed by atoms with E-state index in [4.69, 9.17) is 0 Å². The number of aromatic nitrogens is 5. The zero-order valence-corrected chi connectivity index (χ0v) is 16.9. The van der Waals surface area contributed by atoms with Crippen molar-refractivity contribution in [2.24, 2.45) is 0 Å². The van der Waals surface area contributed by atoms with Crippen LogP contribution < -0.4 is 10.6 Å². The number of nitrogens with zero attached hydrogens (tertiary/aromatic N) is 5. The number of carbonyl (C=O) groups excluding carboxylic acids is 2. The molecule has 1 aliphatic rings. The van der Waals surface area contributed by atoms with Gasteiger partial charge in [0.25, 0.3) is 11.8 Å². The highest BCUT2D eigenvalue weighted by Crippen LogP contribution is 2.26. The van der Waals surface area contributed by atoms with Crippen molar-refractivity contribution >= 4 is 39.6 Å². The summed E-state index contributed by atoms with van der Waals surface area (Å²) in [5.41, 5.74) is 2.81. The monoisotopic (exact) mass is 403 g/mol. The molecule has 0 saturated heterocycles. The lowest BCUT2D eigenvalue weighted by Gasteiger charge is -2.23. The van der Waals surface area contributed by atoms with Crippen LogP contribution in [0.3, 0.4) is 0 Å². The molecule has 2 amide bonds. The zero-order valence-electron chi connectivity index (χ0n) is 16.9. The minimum atomic E-state index is -0.335. The first kappa shape index (κ1) is 18.3. The number of hydrogen-bond donors (Lipinski definition) is 2. The Kier molecular flexibility index (Phi) is 4.05. The van der Waals surface area contributed by atoms with Gasteiger partial charge in [-0.2, -0.15) is 5.10 Å². The van der Waals surface area contributed by atoms with Gasteiger partial charge in [-0.25, -0.2) is 14.6 Å². The molecule has 1 aliphatic heterocycles. The van der Waals surface area contributed by atoms with Crippen LogP contribution in [0.15, 0.2) is 36.7 Å². The van der Waals surface area contributed by atoms with Crippen LogP contribution in [-0.4, -0.2) is 42.7 Å². The molecule has 5 heterocycles. The third-order valence-corrected chi connectivity index (χ3v) is 5.33. The van der Waals surface area contributed by atoms with Gasteiger partial charge in [-0.3, -0.25) is 9.59 Å². The lowest BCUT2D eigenvalue weighted by atomic mass is 10.2. The van der Waals surface area contributed by atoms with E-state index in [9.17, 15) is 9.59 Å². The third-order valence-electron chi connectivity index (χ3n) is 5.33. The topological polar surface area (TPSA) is 107 Å². The van der Waals surface area contributed by atoms with Crippen molar-refractivity contribution in [3.05, 3.63) is 48.0 Å². The van der Waals surface area contributed by atoms with Gasteiger partial charge in [-0.15, -0.1) is 0 Å². The lowest BCUT2D eigenvalue weighted by Crippen LogP contribution is -2.37. The summed E-state index contributed by atoms with van der Waals surface area (Å²) in [6, 6.07) is 7.38. The first-order valence-corrected chi connectivity index (χ1v) is 9.87. The Morgan fingerprint density at radius 3 is 2.83 bits per heavy atom. The van der Waals surface area contributed by atoms with E-state index in [1.54, 1.807) is 24.5 Å². The van der Waals surface area contributed by atoms with Crippen LogP contribution in [0.5, 0.6) is 0 Å². The molecule has 0 fully saturated rings. The van der Waals surface area contributed by atoms with Gasteiger partial charge in [0.05, 0.1) is 24.1 Å². The molecule has 0 bridgehead atoms. The Morgan fingerprint density at radius 2 is 2.03 bits per heavy atom. The van der Waals surface area contributed by atoms with Crippen molar-refractivity contribution in [1.82, 2.24) is 29.6 Å². The van der Waals surface area contributed by atoms with Crippen LogP contribution in [0.2, 0.25) is 0 Å². The van der Waals surface area contributed by atoms with Gasteiger partial charge in [0.15, 0.2) is 5.65 Å². The summed E-state index contributed by atoms with van der Waals surface area (Å²) < 4.78 is 3.72. The average Bonchev–Trinajstić information content (AvgIpc) is 3.32. The molecule has 2 N–H and O–H groups in total. The minimum Gasteiger partial charge on any atom is -0.349 e. The van der Waals surface area contributed by atoms with Crippen LogP contribution in [0.1, 0.15) is 53.8 Å². The smallest absolute Gasteiger partial charge is 0.274 e. The van der Waals surface area contributed by atoms with Crippen LogP contribution in [-0.2, 0) is 0 Å². The van der Waals surface area contributed by atoms with E-state index in [-0.39, 0.29) is 29.6 Å². The van der Waals surface area contributed by atoms with E-state index in [0.717, 1.165) is 16.4 Å². The van der Waals surface area contributed by atoms with Crippen molar-refractivity contribution in [2.45, 2.75) is 32.9 Å². The second-order valence-electron chi connectivity index (χ2n) is 7.84. The molecule has 30 heavy (non-hydrogen) atoms. The van der Waals surface area contributed by atoms with Crippen molar-refractivity contribution < 1.29 is 9.59 Å². The average molecular weight is 403 g/mol. The number of fused-ring (bicyclic) bond motifs is 4. The predicted octanol–water partition coefficient (Wildman–Crippen LogP) is 2.92. The fraction of sp³-hybridized carbons (Fsp3) is 0.286. The van der Waals surface area contributed by atoms with Gasteiger partial charge in [0, 0.05) is 23.4 Å². The van der Waals surface area contributed by atoms with Crippen molar-refractivity contribution in [3.8, 4) is 0 Å². The van der Waals surface area contributed by atoms with E-state index in [1.807, 2.05) is 42.2 Å². The summed E-state index contributed by atoms with van der Waals surface area (Å²) in [6.07, 6.45) is 3.35. The first-order valence-electron chi connectivity index (χ1n) is 9.87. The largest absolute Gasteiger partial charge is 0.349 e. The molecule has 4 aromatic rings. The molecule has 4 aromatic heterocycles. The normalized spacial score (nSPS) is 16.1. The molecule has 0 unspecified atom stereocenters. The van der Waals surface area contributed by atoms with Crippen LogP contribution >= 0.6 is 0 Å². The van der Waals surface area contributed by atoms with Gasteiger partial charge in [-0.05, 0) is 45.0 Å². The van der Waals surface area contributed by atoms with E-state index in [1.165, 1.54) is 0 Å². The van der Waals surface area contributed by atoms with E-state index >= 15 is 0 Å². The van der Waals surface area contributed by atoms with Gasteiger partial charge in [0.1, 0.15) is 17.0 Å². The van der Waals surface area contributed by atoms with Crippen molar-refractivity contribution in [3.63, 3.8) is 0 Å². The number of amides is 2. The fourth-order valence-electron chi connectivity index (χ4n) is 3.85. The zero-order chi connectivity index (χ0) is 21.0. The molecule has 0 aliphatic carbocycles. The van der Waals surface area contributed by atoms with E-state index in [0.29, 0.717) is 23.6 Å². The summed E-state index contributed by atoms with van der Waals surface area (Å²) in [4.78, 5) is 34.0. The second kappa shape index (κ2) is 6.65. The maximum Gasteiger partial charge on any atom is 0.274 e. The molecule has 152 valence electrons. The Labute approximate surface area is 172 Å². The van der Waals surface area contributed by atoms with Gasteiger partial charge >= 0.3 is 0 Å². The SMILES string of the molecule is CC(C)n1ncc2cc(NC(=O)c3ccc4cc5n(c4n3)[C@H](C)CNC5=O)cnc21. The third kappa shape index (κ3) is 2.81. The van der Waals surface area contributed by atoms with Crippen molar-refractivity contribution in [1.29, 1.82) is 0 Å². The molecular weight excluding hydrogens is 382 g/mol. The quantitative estimate of drug-likeness (QED) is 0.547. The van der Waals surface area contributed by atoms with Gasteiger partial charge in [-0.1, -0.05) is 0 Å². The Bertz CT molecular complexity index is 1320. The first-order chi connectivity index (χ1) is 14.4. The van der Waals surface area contributed by atoms with Crippen LogP contribution in [0, 0.1) is 0 Å². The summed E-state index contributed by atoms with van der Waals surface area (Å²) in [7, 11) is 0. The van der Waals surface area contributed by atoms with Crippen molar-refractivity contribution in [2.75, 3.05) is 11.9 Å². The maximum atomic E-state index is 12.8. The number of rotatable bonds is 3. The minimum absolute atomic E-state index is 0.0603. The van der Waals surface area contributed by atoms with Gasteiger partial charge < -0.3 is 15.2 Å². The Hall–Kier alpha value is -3.75. The summed E-state index contributed by atoms with van der Waals surface area (Å²) in [5, 5.41) is 11.7. The van der Waals surface area contributed by atoms with Gasteiger partial charge in [0.2, 0.25) is 0 Å². The number of nitrogens with one attached hydrogen (secondary N) is 2. The molecule has 5 rings (SSSR count). The fourth-order valence-corrected chi connectivity index (χ4v) is 3.85. The van der Waals surface area contributed by atoms with Crippen LogP contribution in [0.25, 0.3) is 22.1 Å². The number of carbonyl (C=O) groups is 2. The predicted molar refractivity (Wildman–Crippen MR) is 113 cm³/mol. The number of hydrogen-bond acceptors (Lipinski definition) is 5. The summed E-state index contributed by atoms with van der Waals surface area (Å²) in [5.74, 6) is -0.462. The van der Waals surface area contributed by atoms with E-state index in [2.05, 4.69) is 25.7 Å². The summed E-state index contributed by atoms with van der Waals surface area (Å²) >= 11 is 0. The Balaban J connectivity index is 1.47. The molecule has 0 spiro atoms. The highest BCUT2D eigenvalue weighted by atomic mass is 16.2. The molecule has 0 saturated carbocycles. The highest BCUT2D eigenvalue weighted by molar-refractivity contribution is 6.05. The molecular formula is C21H21N7O2. The lowest BCUT2D eigenvalue weighted by molar-refractivity contribution is 0.0918. The number of anilines is 1. The maximum absolute atomic E-state index is 12.8. The molecule has 9 nitrogen and oxygen atoms in total. The molecule has 1 atom stereocenters. The van der Waals surface area contributed by atoms with Crippen LogP contribution in [0.4, 0.5) is 5.69 Å². The second-order valence-corrected chi connectivity index (χ2v) is 7.84. The molecule has 0 radical (unpaired) electrons. The Morgan fingerprint density at radius 1 is 1.20 bits per heavy atom.